The van der Waals surface area contributed by atoms with E-state index in [2.05, 4.69) is 167 Å². The third-order valence-corrected chi connectivity index (χ3v) is 12.0. The standard InChI is InChI=1S/C68H108O6/c1-4-7-10-13-16-19-22-24-26-28-29-30-31-32-33-34-35-36-37-38-39-40-42-43-46-49-52-55-58-61-67(70)73-64-65(63-72-66(69)60-57-54-51-48-45-21-18-15-12-9-6-3)74-68(71)62-59-56-53-50-47-44-41-27-25-23-20-17-14-11-8-5-2/h7,10,15-16,18-20,23-24,26-27,29-30,32-33,35-36,38-39,41-43,49,52,65H,4-6,8-9,11-14,17,21-22,25,28,31,34,37,40,44-48,50-51,53-64H2,1-3H3/b10-7-,18-15-,19-16-,23-20-,26-24-,30-29-,33-32-,36-35-,39-38-,41-27-,43-42-,52-49-. The summed E-state index contributed by atoms with van der Waals surface area (Å²) in [6.45, 7) is 6.39. The van der Waals surface area contributed by atoms with Gasteiger partial charge in [-0.15, -0.1) is 0 Å². The molecule has 0 aliphatic carbocycles. The maximum atomic E-state index is 12.8. The fourth-order valence-electron chi connectivity index (χ4n) is 7.57. The molecule has 6 heteroatoms. The van der Waals surface area contributed by atoms with Gasteiger partial charge in [0.15, 0.2) is 6.10 Å². The van der Waals surface area contributed by atoms with Crippen molar-refractivity contribution in [2.75, 3.05) is 13.2 Å². The van der Waals surface area contributed by atoms with Crippen molar-refractivity contribution in [3.8, 4) is 0 Å². The molecule has 1 unspecified atom stereocenters. The maximum Gasteiger partial charge on any atom is 0.306 e. The molecule has 416 valence electrons. The van der Waals surface area contributed by atoms with Crippen LogP contribution in [0, 0.1) is 0 Å². The van der Waals surface area contributed by atoms with Crippen molar-refractivity contribution in [1.29, 1.82) is 0 Å². The molecule has 0 spiro atoms. The van der Waals surface area contributed by atoms with Crippen molar-refractivity contribution in [1.82, 2.24) is 0 Å². The second kappa shape index (κ2) is 60.8. The Balaban J connectivity index is 4.44. The Kier molecular flexibility index (Phi) is 57.0. The van der Waals surface area contributed by atoms with Gasteiger partial charge in [0.2, 0.25) is 0 Å². The molecule has 0 aliphatic heterocycles. The Morgan fingerprint density at radius 1 is 0.284 bits per heavy atom. The Bertz CT molecular complexity index is 1640. The number of hydrogen-bond acceptors (Lipinski definition) is 6. The van der Waals surface area contributed by atoms with E-state index in [-0.39, 0.29) is 37.5 Å². The molecule has 0 saturated heterocycles. The summed E-state index contributed by atoms with van der Waals surface area (Å²) in [5, 5.41) is 0. The van der Waals surface area contributed by atoms with E-state index >= 15 is 0 Å². The normalized spacial score (nSPS) is 13.2. The minimum atomic E-state index is -0.818. The molecular formula is C68H108O6. The van der Waals surface area contributed by atoms with Crippen molar-refractivity contribution in [2.45, 2.75) is 252 Å². The van der Waals surface area contributed by atoms with Gasteiger partial charge in [0.25, 0.3) is 0 Å². The summed E-state index contributed by atoms with van der Waals surface area (Å²) < 4.78 is 16.8. The summed E-state index contributed by atoms with van der Waals surface area (Å²) in [6.07, 6.45) is 87.1. The molecule has 0 aromatic rings. The Hall–Kier alpha value is -4.71. The monoisotopic (exact) mass is 1020 g/mol. The highest BCUT2D eigenvalue weighted by molar-refractivity contribution is 5.71. The summed E-state index contributed by atoms with van der Waals surface area (Å²) in [6, 6.07) is 0. The lowest BCUT2D eigenvalue weighted by Crippen LogP contribution is -2.30. The number of ether oxygens (including phenoxy) is 3. The molecule has 0 radical (unpaired) electrons. The van der Waals surface area contributed by atoms with Gasteiger partial charge >= 0.3 is 17.9 Å². The highest BCUT2D eigenvalue weighted by Crippen LogP contribution is 2.13. The largest absolute Gasteiger partial charge is 0.462 e. The number of hydrogen-bond donors (Lipinski definition) is 0. The highest BCUT2D eigenvalue weighted by atomic mass is 16.6. The number of esters is 3. The van der Waals surface area contributed by atoms with Crippen LogP contribution in [0.4, 0.5) is 0 Å². The molecular weight excluding hydrogens is 913 g/mol. The molecule has 1 atom stereocenters. The molecule has 0 fully saturated rings. The van der Waals surface area contributed by atoms with Crippen LogP contribution in [0.2, 0.25) is 0 Å². The summed E-state index contributed by atoms with van der Waals surface area (Å²) in [7, 11) is 0. The Morgan fingerprint density at radius 3 is 0.932 bits per heavy atom. The zero-order chi connectivity index (χ0) is 53.6. The fraction of sp³-hybridized carbons (Fsp3) is 0.603. The molecule has 0 rings (SSSR count). The molecule has 0 aromatic heterocycles. The molecule has 0 aromatic carbocycles. The Morgan fingerprint density at radius 2 is 0.554 bits per heavy atom. The van der Waals surface area contributed by atoms with Crippen molar-refractivity contribution >= 4 is 17.9 Å². The van der Waals surface area contributed by atoms with E-state index < -0.39 is 6.10 Å². The highest BCUT2D eigenvalue weighted by Gasteiger charge is 2.19. The predicted molar refractivity (Wildman–Crippen MR) is 320 cm³/mol. The third-order valence-electron chi connectivity index (χ3n) is 12.0. The molecule has 74 heavy (non-hydrogen) atoms. The van der Waals surface area contributed by atoms with E-state index in [9.17, 15) is 14.4 Å². The van der Waals surface area contributed by atoms with Crippen molar-refractivity contribution in [2.24, 2.45) is 0 Å². The first-order valence-corrected chi connectivity index (χ1v) is 29.8. The van der Waals surface area contributed by atoms with Crippen LogP contribution in [0.1, 0.15) is 245 Å². The smallest absolute Gasteiger partial charge is 0.306 e. The van der Waals surface area contributed by atoms with Crippen LogP contribution in [-0.2, 0) is 28.6 Å². The van der Waals surface area contributed by atoms with Crippen LogP contribution in [-0.4, -0.2) is 37.2 Å². The number of carbonyl (C=O) groups is 3. The van der Waals surface area contributed by atoms with Crippen LogP contribution in [0.15, 0.2) is 146 Å². The summed E-state index contributed by atoms with van der Waals surface area (Å²) in [4.78, 5) is 38.1. The average Bonchev–Trinajstić information content (AvgIpc) is 3.40. The van der Waals surface area contributed by atoms with Gasteiger partial charge in [0.05, 0.1) is 0 Å². The van der Waals surface area contributed by atoms with Gasteiger partial charge in [-0.25, -0.2) is 0 Å². The van der Waals surface area contributed by atoms with Gasteiger partial charge in [-0.3, -0.25) is 14.4 Å². The summed E-state index contributed by atoms with van der Waals surface area (Å²) in [5.41, 5.74) is 0. The lowest BCUT2D eigenvalue weighted by atomic mass is 10.1. The van der Waals surface area contributed by atoms with E-state index in [1.165, 1.54) is 57.8 Å². The lowest BCUT2D eigenvalue weighted by Gasteiger charge is -2.18. The number of unbranched alkanes of at least 4 members (excludes halogenated alkanes) is 17. The van der Waals surface area contributed by atoms with E-state index in [0.717, 1.165) is 141 Å². The quantitative estimate of drug-likeness (QED) is 0.0261. The van der Waals surface area contributed by atoms with Crippen molar-refractivity contribution < 1.29 is 28.6 Å². The van der Waals surface area contributed by atoms with Crippen LogP contribution in [0.25, 0.3) is 0 Å². The van der Waals surface area contributed by atoms with Crippen molar-refractivity contribution in [3.05, 3.63) is 146 Å². The van der Waals surface area contributed by atoms with Gasteiger partial charge in [-0.1, -0.05) is 237 Å². The first-order valence-electron chi connectivity index (χ1n) is 29.8. The minimum Gasteiger partial charge on any atom is -0.462 e. The molecule has 0 amide bonds. The molecule has 6 nitrogen and oxygen atoms in total. The van der Waals surface area contributed by atoms with Gasteiger partial charge < -0.3 is 14.2 Å². The van der Waals surface area contributed by atoms with Crippen LogP contribution in [0.5, 0.6) is 0 Å². The number of rotatable bonds is 52. The van der Waals surface area contributed by atoms with Crippen LogP contribution < -0.4 is 0 Å². The van der Waals surface area contributed by atoms with Crippen molar-refractivity contribution in [3.63, 3.8) is 0 Å². The predicted octanol–water partition coefficient (Wildman–Crippen LogP) is 20.4. The molecule has 0 aliphatic rings. The first kappa shape index (κ1) is 69.3. The lowest BCUT2D eigenvalue weighted by molar-refractivity contribution is -0.167. The maximum absolute atomic E-state index is 12.8. The van der Waals surface area contributed by atoms with E-state index in [4.69, 9.17) is 14.2 Å². The summed E-state index contributed by atoms with van der Waals surface area (Å²) in [5.74, 6) is -1.00. The molecule has 0 bridgehead atoms. The van der Waals surface area contributed by atoms with Gasteiger partial charge in [-0.2, -0.15) is 0 Å². The van der Waals surface area contributed by atoms with E-state index in [0.29, 0.717) is 19.3 Å². The van der Waals surface area contributed by atoms with Gasteiger partial charge in [-0.05, 0) is 135 Å². The molecule has 0 heterocycles. The van der Waals surface area contributed by atoms with Gasteiger partial charge in [0.1, 0.15) is 13.2 Å². The average molecular weight is 1020 g/mol. The Labute approximate surface area is 455 Å². The fourth-order valence-corrected chi connectivity index (χ4v) is 7.57. The zero-order valence-corrected chi connectivity index (χ0v) is 47.5. The summed E-state index contributed by atoms with van der Waals surface area (Å²) >= 11 is 0. The third kappa shape index (κ3) is 58.2. The van der Waals surface area contributed by atoms with Crippen LogP contribution >= 0.6 is 0 Å². The SMILES string of the molecule is CC/C=C\C/C=C\C/C=C\C/C=C\C/C=C\C/C=C\C/C=C\C/C=C\C/C=C\CCCC(=O)OCC(COC(=O)CCCCCCC/C=C\CCCC)OC(=O)CCCCCCC/C=C\C/C=C\CCCCCC. The second-order valence-electron chi connectivity index (χ2n) is 19.2. The van der Waals surface area contributed by atoms with Crippen LogP contribution in [0.3, 0.4) is 0 Å². The second-order valence-corrected chi connectivity index (χ2v) is 19.2. The zero-order valence-electron chi connectivity index (χ0n) is 47.5. The first-order chi connectivity index (χ1) is 36.5. The molecule has 0 saturated carbocycles. The number of carbonyl (C=O) groups excluding carboxylic acids is 3. The van der Waals surface area contributed by atoms with Gasteiger partial charge in [0, 0.05) is 19.3 Å². The minimum absolute atomic E-state index is 0.111. The van der Waals surface area contributed by atoms with E-state index in [1.807, 2.05) is 0 Å². The topological polar surface area (TPSA) is 78.9 Å². The van der Waals surface area contributed by atoms with E-state index in [1.54, 1.807) is 0 Å². The molecule has 0 N–H and O–H groups in total. The number of allylic oxidation sites excluding steroid dienone is 24.